The minimum absolute atomic E-state index is 0.0361. The highest BCUT2D eigenvalue weighted by Crippen LogP contribution is 2.35. The maximum atomic E-state index is 12.5. The van der Waals surface area contributed by atoms with Crippen molar-refractivity contribution < 1.29 is 8.42 Å². The normalized spacial score (nSPS) is 11.3. The molecule has 0 spiro atoms. The first kappa shape index (κ1) is 14.9. The molecule has 20 heavy (non-hydrogen) atoms. The lowest BCUT2D eigenvalue weighted by Crippen LogP contribution is -2.27. The van der Waals surface area contributed by atoms with Crippen molar-refractivity contribution in [1.29, 1.82) is 0 Å². The predicted octanol–water partition coefficient (Wildman–Crippen LogP) is 2.80. The molecule has 0 bridgehead atoms. The molecule has 2 rings (SSSR count). The van der Waals surface area contributed by atoms with E-state index < -0.39 is 10.0 Å². The van der Waals surface area contributed by atoms with Gasteiger partial charge in [-0.15, -0.1) is 0 Å². The van der Waals surface area contributed by atoms with Crippen LogP contribution in [0.15, 0.2) is 41.6 Å². The minimum atomic E-state index is -3.84. The van der Waals surface area contributed by atoms with E-state index in [9.17, 15) is 8.42 Å². The summed E-state index contributed by atoms with van der Waals surface area (Å²) in [6.45, 7) is 0. The van der Waals surface area contributed by atoms with Crippen LogP contribution < -0.4 is 10.0 Å². The number of rotatable bonds is 3. The van der Waals surface area contributed by atoms with Crippen molar-refractivity contribution in [2.75, 3.05) is 17.1 Å². The topological polar surface area (TPSA) is 76.3 Å². The summed E-state index contributed by atoms with van der Waals surface area (Å²) in [5, 5.41) is 0.117. The Labute approximate surface area is 127 Å². The maximum absolute atomic E-state index is 12.5. The van der Waals surface area contributed by atoms with Gasteiger partial charge in [0.25, 0.3) is 10.0 Å². The van der Waals surface area contributed by atoms with Crippen LogP contribution in [-0.4, -0.2) is 20.4 Å². The zero-order chi connectivity index (χ0) is 14.9. The van der Waals surface area contributed by atoms with E-state index in [0.29, 0.717) is 5.69 Å². The molecule has 0 aliphatic carbocycles. The zero-order valence-electron chi connectivity index (χ0n) is 10.4. The average Bonchev–Trinajstić information content (AvgIpc) is 2.44. The van der Waals surface area contributed by atoms with Crippen LogP contribution in [0.3, 0.4) is 0 Å². The largest absolute Gasteiger partial charge is 0.396 e. The van der Waals surface area contributed by atoms with E-state index in [0.717, 1.165) is 4.31 Å². The summed E-state index contributed by atoms with van der Waals surface area (Å²) in [6, 6.07) is 5.98. The molecule has 1 aromatic heterocycles. The highest BCUT2D eigenvalue weighted by Gasteiger charge is 2.25. The van der Waals surface area contributed by atoms with Crippen LogP contribution in [0, 0.1) is 0 Å². The molecule has 0 saturated heterocycles. The third-order valence-corrected chi connectivity index (χ3v) is 5.42. The van der Waals surface area contributed by atoms with Gasteiger partial charge in [-0.05, 0) is 24.3 Å². The van der Waals surface area contributed by atoms with Crippen molar-refractivity contribution in [2.45, 2.75) is 4.90 Å². The highest BCUT2D eigenvalue weighted by atomic mass is 35.5. The number of halogens is 2. The molecule has 0 amide bonds. The number of pyridine rings is 1. The molecule has 0 unspecified atom stereocenters. The smallest absolute Gasteiger partial charge is 0.265 e. The second-order valence-corrected chi connectivity index (χ2v) is 6.68. The van der Waals surface area contributed by atoms with Gasteiger partial charge < -0.3 is 5.73 Å². The van der Waals surface area contributed by atoms with E-state index in [1.165, 1.54) is 25.4 Å². The first-order chi connectivity index (χ1) is 9.35. The number of hydrogen-bond acceptors (Lipinski definition) is 4. The summed E-state index contributed by atoms with van der Waals surface area (Å²) < 4.78 is 26.1. The van der Waals surface area contributed by atoms with Crippen LogP contribution in [0.25, 0.3) is 0 Å². The van der Waals surface area contributed by atoms with Crippen LogP contribution >= 0.6 is 23.2 Å². The van der Waals surface area contributed by atoms with Gasteiger partial charge in [0, 0.05) is 13.2 Å². The molecule has 5 nitrogen and oxygen atoms in total. The fraction of sp³-hybridized carbons (Fsp3) is 0.0833. The van der Waals surface area contributed by atoms with Crippen LogP contribution in [0.5, 0.6) is 0 Å². The molecular weight excluding hydrogens is 321 g/mol. The van der Waals surface area contributed by atoms with Crippen LogP contribution in [0.2, 0.25) is 10.0 Å². The van der Waals surface area contributed by atoms with Crippen LogP contribution in [-0.2, 0) is 10.0 Å². The van der Waals surface area contributed by atoms with Gasteiger partial charge in [-0.1, -0.05) is 23.2 Å². The molecule has 2 aromatic rings. The highest BCUT2D eigenvalue weighted by molar-refractivity contribution is 7.93. The van der Waals surface area contributed by atoms with E-state index in [-0.39, 0.29) is 20.6 Å². The Morgan fingerprint density at radius 3 is 2.55 bits per heavy atom. The van der Waals surface area contributed by atoms with Gasteiger partial charge in [-0.25, -0.2) is 8.42 Å². The van der Waals surface area contributed by atoms with Crippen molar-refractivity contribution in [3.63, 3.8) is 0 Å². The van der Waals surface area contributed by atoms with Gasteiger partial charge in [0.05, 0.1) is 27.6 Å². The fourth-order valence-electron chi connectivity index (χ4n) is 1.57. The summed E-state index contributed by atoms with van der Waals surface area (Å²) >= 11 is 11.8. The molecule has 0 saturated carbocycles. The van der Waals surface area contributed by atoms with E-state index in [2.05, 4.69) is 4.98 Å². The van der Waals surface area contributed by atoms with Gasteiger partial charge in [0.2, 0.25) is 0 Å². The van der Waals surface area contributed by atoms with Crippen molar-refractivity contribution >= 4 is 44.6 Å². The van der Waals surface area contributed by atoms with Gasteiger partial charge in [-0.3, -0.25) is 9.29 Å². The molecule has 106 valence electrons. The molecule has 0 aliphatic rings. The Morgan fingerprint density at radius 1 is 1.25 bits per heavy atom. The number of aromatic nitrogens is 1. The average molecular weight is 332 g/mol. The molecule has 0 atom stereocenters. The number of hydrogen-bond donors (Lipinski definition) is 1. The lowest BCUT2D eigenvalue weighted by atomic mass is 10.3. The standard InChI is InChI=1S/C12H11Cl2N3O2S/c1-17(8-3-2-6-16-7-8)20(18,19)10-5-4-9(13)12(15)11(10)14/h2-7H,15H2,1H3. The van der Waals surface area contributed by atoms with Gasteiger partial charge in [-0.2, -0.15) is 0 Å². The number of nitrogen functional groups attached to an aromatic ring is 1. The van der Waals surface area contributed by atoms with E-state index in [1.807, 2.05) is 0 Å². The molecule has 1 aromatic carbocycles. The summed E-state index contributed by atoms with van der Waals surface area (Å²) in [5.41, 5.74) is 6.11. The molecule has 8 heteroatoms. The number of nitrogens with zero attached hydrogens (tertiary/aromatic N) is 2. The predicted molar refractivity (Wildman–Crippen MR) is 80.7 cm³/mol. The first-order valence-electron chi connectivity index (χ1n) is 5.48. The second-order valence-electron chi connectivity index (χ2n) is 3.96. The van der Waals surface area contributed by atoms with E-state index in [4.69, 9.17) is 28.9 Å². The summed E-state index contributed by atoms with van der Waals surface area (Å²) in [4.78, 5) is 3.78. The van der Waals surface area contributed by atoms with Crippen LogP contribution in [0.4, 0.5) is 11.4 Å². The third-order valence-electron chi connectivity index (χ3n) is 2.74. The molecule has 0 aliphatic heterocycles. The molecule has 0 fully saturated rings. The Bertz CT molecular complexity index is 736. The Morgan fingerprint density at radius 2 is 1.95 bits per heavy atom. The quantitative estimate of drug-likeness (QED) is 0.877. The summed E-state index contributed by atoms with van der Waals surface area (Å²) in [7, 11) is -2.43. The number of benzene rings is 1. The molecular formula is C12H11Cl2N3O2S. The maximum Gasteiger partial charge on any atom is 0.265 e. The Kier molecular flexibility index (Phi) is 4.08. The second kappa shape index (κ2) is 5.47. The van der Waals surface area contributed by atoms with Crippen molar-refractivity contribution in [3.05, 3.63) is 46.7 Å². The summed E-state index contributed by atoms with van der Waals surface area (Å²) in [6.07, 6.45) is 2.99. The monoisotopic (exact) mass is 331 g/mol. The third kappa shape index (κ3) is 2.54. The van der Waals surface area contributed by atoms with Crippen molar-refractivity contribution in [1.82, 2.24) is 4.98 Å². The van der Waals surface area contributed by atoms with E-state index >= 15 is 0 Å². The molecule has 2 N–H and O–H groups in total. The number of anilines is 2. The first-order valence-corrected chi connectivity index (χ1v) is 7.67. The minimum Gasteiger partial charge on any atom is -0.396 e. The lowest BCUT2D eigenvalue weighted by Gasteiger charge is -2.20. The van der Waals surface area contributed by atoms with Crippen LogP contribution in [0.1, 0.15) is 0 Å². The zero-order valence-corrected chi connectivity index (χ0v) is 12.7. The number of nitrogens with two attached hydrogens (primary N) is 1. The SMILES string of the molecule is CN(c1cccnc1)S(=O)(=O)c1ccc(Cl)c(N)c1Cl. The van der Waals surface area contributed by atoms with Gasteiger partial charge >= 0.3 is 0 Å². The van der Waals surface area contributed by atoms with Gasteiger partial charge in [0.1, 0.15) is 4.90 Å². The van der Waals surface area contributed by atoms with Crippen molar-refractivity contribution in [2.24, 2.45) is 0 Å². The Balaban J connectivity index is 2.54. The molecule has 1 heterocycles. The number of sulfonamides is 1. The Hall–Kier alpha value is -1.50. The van der Waals surface area contributed by atoms with Gasteiger partial charge in [0.15, 0.2) is 0 Å². The lowest BCUT2D eigenvalue weighted by molar-refractivity contribution is 0.594. The van der Waals surface area contributed by atoms with Crippen molar-refractivity contribution in [3.8, 4) is 0 Å². The summed E-state index contributed by atoms with van der Waals surface area (Å²) in [5.74, 6) is 0. The molecule has 0 radical (unpaired) electrons. The fourth-order valence-corrected chi connectivity index (χ4v) is 3.50. The van der Waals surface area contributed by atoms with E-state index in [1.54, 1.807) is 18.3 Å².